The Morgan fingerprint density at radius 1 is 0.778 bits per heavy atom. The van der Waals surface area contributed by atoms with E-state index in [1.54, 1.807) is 6.07 Å². The molecule has 0 bridgehead atoms. The van der Waals surface area contributed by atoms with Crippen molar-refractivity contribution in [2.45, 2.75) is 13.8 Å². The third-order valence-corrected chi connectivity index (χ3v) is 2.92. The van der Waals surface area contributed by atoms with Crippen LogP contribution in [0.25, 0.3) is 16.7 Å². The lowest BCUT2D eigenvalue weighted by molar-refractivity contribution is 0.472. The zero-order valence-electron chi connectivity index (χ0n) is 10.4. The van der Waals surface area contributed by atoms with E-state index in [-0.39, 0.29) is 0 Å². The van der Waals surface area contributed by atoms with Gasteiger partial charge in [-0.2, -0.15) is 0 Å². The summed E-state index contributed by atoms with van der Waals surface area (Å²) in [6.45, 7) is 4.00. The highest BCUT2D eigenvalue weighted by Gasteiger charge is 2.24. The number of phenolic OH excluding ortho intramolecular Hbond substituents is 1. The highest BCUT2D eigenvalue weighted by molar-refractivity contribution is 5.79. The van der Waals surface area contributed by atoms with Gasteiger partial charge < -0.3 is 5.11 Å². The van der Waals surface area contributed by atoms with Crippen LogP contribution in [0.2, 0.25) is 0 Å². The summed E-state index contributed by atoms with van der Waals surface area (Å²) in [6.07, 6.45) is 0. The van der Waals surface area contributed by atoms with Crippen LogP contribution in [-0.4, -0.2) is 19.2 Å². The Labute approximate surface area is 105 Å². The second-order valence-electron chi connectivity index (χ2n) is 3.85. The monoisotopic (exact) mass is 241 g/mol. The average Bonchev–Trinajstić information content (AvgIpc) is 3.07. The second-order valence-corrected chi connectivity index (χ2v) is 3.85. The third-order valence-electron chi connectivity index (χ3n) is 2.92. The Hall–Kier alpha value is -2.36. The number of para-hydroxylation sites is 4. The van der Waals surface area contributed by atoms with Gasteiger partial charge in [0.25, 0.3) is 0 Å². The number of nitrogens with zero attached hydrogens (tertiary/aromatic N) is 3. The van der Waals surface area contributed by atoms with Gasteiger partial charge in [0.1, 0.15) is 22.5 Å². The van der Waals surface area contributed by atoms with Crippen LogP contribution >= 0.6 is 0 Å². The summed E-state index contributed by atoms with van der Waals surface area (Å²) in [5, 5.41) is 9.77. The SMILES string of the molecule is CC.Oc1ccccc1-n1n2c3ccccc3n12. The minimum atomic E-state index is 0.294. The topological polar surface area (TPSA) is 34.0 Å². The minimum Gasteiger partial charge on any atom is -0.506 e. The van der Waals surface area contributed by atoms with Crippen molar-refractivity contribution < 1.29 is 5.11 Å². The molecular weight excluding hydrogens is 226 g/mol. The largest absolute Gasteiger partial charge is 0.506 e. The van der Waals surface area contributed by atoms with Gasteiger partial charge in [-0.1, -0.05) is 38.1 Å². The van der Waals surface area contributed by atoms with Crippen molar-refractivity contribution >= 4 is 11.0 Å². The highest BCUT2D eigenvalue weighted by Crippen LogP contribution is 2.29. The highest BCUT2D eigenvalue weighted by atomic mass is 16.3. The van der Waals surface area contributed by atoms with Crippen LogP contribution in [0.1, 0.15) is 13.8 Å². The molecule has 0 spiro atoms. The van der Waals surface area contributed by atoms with Gasteiger partial charge in [0.05, 0.1) is 0 Å². The van der Waals surface area contributed by atoms with Gasteiger partial charge in [-0.15, -0.1) is 14.1 Å². The summed E-state index contributed by atoms with van der Waals surface area (Å²) in [5.41, 5.74) is 3.15. The van der Waals surface area contributed by atoms with E-state index in [4.69, 9.17) is 0 Å². The van der Waals surface area contributed by atoms with Gasteiger partial charge in [0.15, 0.2) is 0 Å². The van der Waals surface area contributed by atoms with E-state index in [9.17, 15) is 5.11 Å². The Morgan fingerprint density at radius 3 is 1.83 bits per heavy atom. The molecular formula is C14H15N3O. The maximum Gasteiger partial charge on any atom is 0.143 e. The summed E-state index contributed by atoms with van der Waals surface area (Å²) in [6, 6.07) is 15.5. The summed E-state index contributed by atoms with van der Waals surface area (Å²) >= 11 is 0. The summed E-state index contributed by atoms with van der Waals surface area (Å²) in [7, 11) is 0. The van der Waals surface area contributed by atoms with E-state index in [2.05, 4.69) is 12.1 Å². The van der Waals surface area contributed by atoms with E-state index in [1.165, 1.54) is 11.0 Å². The first kappa shape index (κ1) is 10.8. The number of phenols is 1. The molecule has 0 aliphatic heterocycles. The van der Waals surface area contributed by atoms with Gasteiger partial charge in [-0.25, -0.2) is 0 Å². The normalized spacial score (nSPS) is 11.0. The van der Waals surface area contributed by atoms with Crippen molar-refractivity contribution in [1.29, 1.82) is 0 Å². The molecule has 18 heavy (non-hydrogen) atoms. The molecule has 0 saturated heterocycles. The standard InChI is InChI=1S/C12H9N3O.C2H6/c16-12-8-4-3-7-11(12)15-13-9-5-1-2-6-10(9)14(13)15;1-2/h1-8,16H;1-2H3. The van der Waals surface area contributed by atoms with Crippen molar-refractivity contribution in [3.05, 3.63) is 48.5 Å². The predicted molar refractivity (Wildman–Crippen MR) is 71.9 cm³/mol. The van der Waals surface area contributed by atoms with Crippen LogP contribution in [0.4, 0.5) is 0 Å². The van der Waals surface area contributed by atoms with Crippen molar-refractivity contribution in [2.24, 2.45) is 0 Å². The minimum absolute atomic E-state index is 0.294. The van der Waals surface area contributed by atoms with Crippen LogP contribution in [0, 0.1) is 0 Å². The number of hydrogen-bond donors (Lipinski definition) is 1. The molecule has 2 aromatic carbocycles. The zero-order valence-corrected chi connectivity index (χ0v) is 10.4. The van der Waals surface area contributed by atoms with Gasteiger partial charge in [-0.3, -0.25) is 0 Å². The second kappa shape index (κ2) is 3.84. The smallest absolute Gasteiger partial charge is 0.143 e. The van der Waals surface area contributed by atoms with Crippen molar-refractivity contribution in [3.63, 3.8) is 0 Å². The summed E-state index contributed by atoms with van der Waals surface area (Å²) in [5.74, 6) is 0.294. The van der Waals surface area contributed by atoms with E-state index in [0.717, 1.165) is 5.69 Å². The van der Waals surface area contributed by atoms with E-state index in [0.29, 0.717) is 5.75 Å². The van der Waals surface area contributed by atoms with Gasteiger partial charge in [0.2, 0.25) is 0 Å². The number of aromatic nitrogens is 3. The quantitative estimate of drug-likeness (QED) is 0.545. The fourth-order valence-corrected chi connectivity index (χ4v) is 2.13. The van der Waals surface area contributed by atoms with Gasteiger partial charge in [-0.05, 0) is 24.3 Å². The number of fused-ring (bicyclic) bond motifs is 4. The average molecular weight is 241 g/mol. The first-order chi connectivity index (χ1) is 8.88. The van der Waals surface area contributed by atoms with Crippen LogP contribution in [0.15, 0.2) is 48.5 Å². The molecule has 2 heterocycles. The molecule has 2 aromatic heterocycles. The van der Waals surface area contributed by atoms with Crippen LogP contribution in [0.5, 0.6) is 5.75 Å². The molecule has 0 aliphatic rings. The lowest BCUT2D eigenvalue weighted by Gasteiger charge is -1.95. The molecule has 0 radical (unpaired) electrons. The third kappa shape index (κ3) is 1.26. The molecule has 0 unspecified atom stereocenters. The number of aromatic hydroxyl groups is 1. The molecule has 4 nitrogen and oxygen atoms in total. The molecule has 0 aliphatic carbocycles. The Kier molecular flexibility index (Phi) is 2.30. The summed E-state index contributed by atoms with van der Waals surface area (Å²) < 4.78 is 4.04. The van der Waals surface area contributed by atoms with E-state index in [1.807, 2.05) is 58.2 Å². The first-order valence-corrected chi connectivity index (χ1v) is 6.15. The fourth-order valence-electron chi connectivity index (χ4n) is 2.13. The molecule has 0 saturated carbocycles. The lowest BCUT2D eigenvalue weighted by Crippen LogP contribution is -1.87. The van der Waals surface area contributed by atoms with Gasteiger partial charge >= 0.3 is 0 Å². The summed E-state index contributed by atoms with van der Waals surface area (Å²) in [4.78, 5) is 1.94. The Balaban J connectivity index is 0.000000478. The molecule has 4 rings (SSSR count). The van der Waals surface area contributed by atoms with E-state index >= 15 is 0 Å². The van der Waals surface area contributed by atoms with Crippen LogP contribution in [0.3, 0.4) is 0 Å². The molecule has 0 atom stereocenters. The van der Waals surface area contributed by atoms with Crippen molar-refractivity contribution in [3.8, 4) is 11.4 Å². The van der Waals surface area contributed by atoms with Crippen LogP contribution in [-0.2, 0) is 0 Å². The first-order valence-electron chi connectivity index (χ1n) is 6.15. The maximum atomic E-state index is 9.77. The molecule has 1 N–H and O–H groups in total. The molecule has 92 valence electrons. The lowest BCUT2D eigenvalue weighted by atomic mass is 10.3. The Morgan fingerprint density at radius 2 is 1.28 bits per heavy atom. The molecule has 4 heteroatoms. The number of hydrogen-bond acceptors (Lipinski definition) is 1. The zero-order chi connectivity index (χ0) is 12.7. The molecule has 0 fully saturated rings. The van der Waals surface area contributed by atoms with E-state index < -0.39 is 0 Å². The fraction of sp³-hybridized carbons (Fsp3) is 0.143. The van der Waals surface area contributed by atoms with Crippen molar-refractivity contribution in [1.82, 2.24) is 14.1 Å². The van der Waals surface area contributed by atoms with Crippen LogP contribution < -0.4 is 0 Å². The predicted octanol–water partition coefficient (Wildman–Crippen LogP) is 3.15. The molecule has 4 aromatic rings. The number of benzene rings is 2. The molecule has 0 amide bonds. The Bertz CT molecular complexity index is 733. The number of rotatable bonds is 1. The van der Waals surface area contributed by atoms with Crippen molar-refractivity contribution in [2.75, 3.05) is 0 Å². The maximum absolute atomic E-state index is 9.77. The van der Waals surface area contributed by atoms with Gasteiger partial charge in [0, 0.05) is 0 Å².